The lowest BCUT2D eigenvalue weighted by Gasteiger charge is -2.27. The van der Waals surface area contributed by atoms with E-state index >= 15 is 0 Å². The maximum Gasteiger partial charge on any atom is 0.222 e. The SMILES string of the molecule is Cc1nc2c3ccccc3nn2c(C)c1CCC(=O)N1CCNCC1.Cl. The molecular formula is C19H24ClN5O. The number of hydrogen-bond donors (Lipinski definition) is 1. The minimum Gasteiger partial charge on any atom is -0.340 e. The van der Waals surface area contributed by atoms with E-state index in [0.717, 1.165) is 59.7 Å². The summed E-state index contributed by atoms with van der Waals surface area (Å²) in [4.78, 5) is 19.2. The molecule has 1 aliphatic heterocycles. The number of rotatable bonds is 3. The highest BCUT2D eigenvalue weighted by Gasteiger charge is 2.18. The fourth-order valence-corrected chi connectivity index (χ4v) is 3.64. The molecule has 7 heteroatoms. The molecule has 138 valence electrons. The molecule has 26 heavy (non-hydrogen) atoms. The van der Waals surface area contributed by atoms with Crippen molar-refractivity contribution in [2.75, 3.05) is 26.2 Å². The van der Waals surface area contributed by atoms with Crippen molar-refractivity contribution in [1.29, 1.82) is 0 Å². The van der Waals surface area contributed by atoms with Crippen molar-refractivity contribution in [1.82, 2.24) is 24.8 Å². The quantitative estimate of drug-likeness (QED) is 0.765. The van der Waals surface area contributed by atoms with Crippen LogP contribution in [-0.2, 0) is 11.2 Å². The summed E-state index contributed by atoms with van der Waals surface area (Å²) in [6, 6.07) is 8.06. The summed E-state index contributed by atoms with van der Waals surface area (Å²) in [6.07, 6.45) is 1.23. The molecule has 0 bridgehead atoms. The third kappa shape index (κ3) is 3.27. The molecule has 4 rings (SSSR count). The van der Waals surface area contributed by atoms with Crippen LogP contribution in [0.2, 0.25) is 0 Å². The lowest BCUT2D eigenvalue weighted by molar-refractivity contribution is -0.131. The minimum absolute atomic E-state index is 0. The summed E-state index contributed by atoms with van der Waals surface area (Å²) in [5, 5.41) is 9.03. The van der Waals surface area contributed by atoms with E-state index in [-0.39, 0.29) is 18.3 Å². The van der Waals surface area contributed by atoms with Crippen LogP contribution in [0, 0.1) is 13.8 Å². The first-order chi connectivity index (χ1) is 12.1. The number of aryl methyl sites for hydroxylation is 2. The Hall–Kier alpha value is -2.18. The van der Waals surface area contributed by atoms with Crippen molar-refractivity contribution in [3.05, 3.63) is 41.2 Å². The largest absolute Gasteiger partial charge is 0.340 e. The summed E-state index contributed by atoms with van der Waals surface area (Å²) in [5.41, 5.74) is 5.04. The summed E-state index contributed by atoms with van der Waals surface area (Å²) < 4.78 is 1.92. The third-order valence-electron chi connectivity index (χ3n) is 5.08. The van der Waals surface area contributed by atoms with E-state index < -0.39 is 0 Å². The van der Waals surface area contributed by atoms with E-state index in [1.807, 2.05) is 34.5 Å². The molecule has 1 aromatic carbocycles. The van der Waals surface area contributed by atoms with E-state index in [4.69, 9.17) is 4.98 Å². The van der Waals surface area contributed by atoms with E-state index in [0.29, 0.717) is 12.8 Å². The van der Waals surface area contributed by atoms with Gasteiger partial charge in [0, 0.05) is 49.4 Å². The molecule has 0 unspecified atom stereocenters. The second-order valence-corrected chi connectivity index (χ2v) is 6.64. The Labute approximate surface area is 159 Å². The fourth-order valence-electron chi connectivity index (χ4n) is 3.64. The zero-order chi connectivity index (χ0) is 17.4. The van der Waals surface area contributed by atoms with Gasteiger partial charge in [-0.2, -0.15) is 5.10 Å². The van der Waals surface area contributed by atoms with Gasteiger partial charge in [-0.05, 0) is 38.0 Å². The number of carbonyl (C=O) groups is 1. The van der Waals surface area contributed by atoms with Crippen molar-refractivity contribution in [3.63, 3.8) is 0 Å². The lowest BCUT2D eigenvalue weighted by Crippen LogP contribution is -2.46. The van der Waals surface area contributed by atoms with Gasteiger partial charge in [0.05, 0.1) is 5.52 Å². The van der Waals surface area contributed by atoms with Crippen LogP contribution in [0.3, 0.4) is 0 Å². The Morgan fingerprint density at radius 1 is 1.19 bits per heavy atom. The van der Waals surface area contributed by atoms with E-state index in [1.165, 1.54) is 0 Å². The van der Waals surface area contributed by atoms with Crippen molar-refractivity contribution in [3.8, 4) is 0 Å². The van der Waals surface area contributed by atoms with Gasteiger partial charge in [0.25, 0.3) is 0 Å². The first kappa shape index (κ1) is 18.6. The zero-order valence-electron chi connectivity index (χ0n) is 15.2. The summed E-state index contributed by atoms with van der Waals surface area (Å²) in [5.74, 6) is 0.228. The first-order valence-corrected chi connectivity index (χ1v) is 8.87. The number of piperazine rings is 1. The first-order valence-electron chi connectivity index (χ1n) is 8.87. The molecule has 0 spiro atoms. The van der Waals surface area contributed by atoms with Gasteiger partial charge < -0.3 is 10.2 Å². The number of amides is 1. The summed E-state index contributed by atoms with van der Waals surface area (Å²) >= 11 is 0. The Kier molecular flexibility index (Phi) is 5.44. The molecule has 2 aromatic heterocycles. The summed E-state index contributed by atoms with van der Waals surface area (Å²) in [7, 11) is 0. The molecule has 1 saturated heterocycles. The standard InChI is InChI=1S/C19H23N5O.ClH/c1-13-15(7-8-18(25)23-11-9-20-10-12-23)14(2)24-19(21-13)16-5-3-4-6-17(16)22-24;/h3-6,20H,7-12H2,1-2H3;1H. The lowest BCUT2D eigenvalue weighted by atomic mass is 10.1. The molecule has 3 aromatic rings. The second-order valence-electron chi connectivity index (χ2n) is 6.64. The van der Waals surface area contributed by atoms with Crippen molar-refractivity contribution in [2.24, 2.45) is 0 Å². The number of fused-ring (bicyclic) bond motifs is 3. The van der Waals surface area contributed by atoms with Gasteiger partial charge in [0.15, 0.2) is 5.65 Å². The number of hydrogen-bond acceptors (Lipinski definition) is 4. The number of benzene rings is 1. The van der Waals surface area contributed by atoms with Gasteiger partial charge in [0.2, 0.25) is 5.91 Å². The Balaban J connectivity index is 0.00000196. The Morgan fingerprint density at radius 3 is 2.69 bits per heavy atom. The van der Waals surface area contributed by atoms with E-state index in [9.17, 15) is 4.79 Å². The molecule has 3 heterocycles. The van der Waals surface area contributed by atoms with Crippen molar-refractivity contribution >= 4 is 34.9 Å². The molecule has 1 N–H and O–H groups in total. The van der Waals surface area contributed by atoms with E-state index in [2.05, 4.69) is 23.4 Å². The topological polar surface area (TPSA) is 62.5 Å². The number of aromatic nitrogens is 3. The molecule has 1 fully saturated rings. The normalized spacial score (nSPS) is 14.6. The predicted octanol–water partition coefficient (Wildman–Crippen LogP) is 2.29. The van der Waals surface area contributed by atoms with E-state index in [1.54, 1.807) is 0 Å². The highest BCUT2D eigenvalue weighted by Crippen LogP contribution is 2.23. The highest BCUT2D eigenvalue weighted by atomic mass is 35.5. The Bertz CT molecular complexity index is 946. The van der Waals surface area contributed by atoms with Crippen LogP contribution in [0.5, 0.6) is 0 Å². The summed E-state index contributed by atoms with van der Waals surface area (Å²) in [6.45, 7) is 7.48. The molecule has 0 radical (unpaired) electrons. The molecule has 1 aliphatic rings. The van der Waals surface area contributed by atoms with Gasteiger partial charge in [-0.15, -0.1) is 12.4 Å². The maximum atomic E-state index is 12.5. The van der Waals surface area contributed by atoms with Gasteiger partial charge in [-0.25, -0.2) is 9.50 Å². The number of carbonyl (C=O) groups excluding carboxylic acids is 1. The second kappa shape index (κ2) is 7.60. The van der Waals surface area contributed by atoms with Crippen LogP contribution in [0.25, 0.3) is 16.6 Å². The average molecular weight is 374 g/mol. The van der Waals surface area contributed by atoms with Crippen molar-refractivity contribution < 1.29 is 4.79 Å². The average Bonchev–Trinajstić information content (AvgIpc) is 3.01. The molecule has 0 saturated carbocycles. The van der Waals surface area contributed by atoms with Crippen LogP contribution in [0.1, 0.15) is 23.4 Å². The van der Waals surface area contributed by atoms with Crippen LogP contribution in [0.15, 0.2) is 24.3 Å². The number of nitrogens with one attached hydrogen (secondary N) is 1. The Morgan fingerprint density at radius 2 is 1.92 bits per heavy atom. The number of nitrogens with zero attached hydrogens (tertiary/aromatic N) is 4. The minimum atomic E-state index is 0. The van der Waals surface area contributed by atoms with Gasteiger partial charge >= 0.3 is 0 Å². The predicted molar refractivity (Wildman–Crippen MR) is 105 cm³/mol. The molecular weight excluding hydrogens is 350 g/mol. The highest BCUT2D eigenvalue weighted by molar-refractivity contribution is 5.92. The number of halogens is 1. The molecule has 6 nitrogen and oxygen atoms in total. The van der Waals surface area contributed by atoms with Crippen LogP contribution in [-0.4, -0.2) is 51.6 Å². The molecule has 0 atom stereocenters. The zero-order valence-corrected chi connectivity index (χ0v) is 16.0. The van der Waals surface area contributed by atoms with Crippen LogP contribution < -0.4 is 5.32 Å². The maximum absolute atomic E-state index is 12.5. The van der Waals surface area contributed by atoms with Gasteiger partial charge in [0.1, 0.15) is 0 Å². The third-order valence-corrected chi connectivity index (χ3v) is 5.08. The smallest absolute Gasteiger partial charge is 0.222 e. The van der Waals surface area contributed by atoms with Gasteiger partial charge in [-0.1, -0.05) is 12.1 Å². The van der Waals surface area contributed by atoms with Crippen LogP contribution >= 0.6 is 12.4 Å². The fraction of sp³-hybridized carbons (Fsp3) is 0.421. The van der Waals surface area contributed by atoms with Gasteiger partial charge in [-0.3, -0.25) is 4.79 Å². The van der Waals surface area contributed by atoms with Crippen molar-refractivity contribution in [2.45, 2.75) is 26.7 Å². The van der Waals surface area contributed by atoms with Crippen LogP contribution in [0.4, 0.5) is 0 Å². The molecule has 1 amide bonds. The molecule has 0 aliphatic carbocycles. The monoisotopic (exact) mass is 373 g/mol.